The topological polar surface area (TPSA) is 27.0 Å². The molecule has 0 saturated carbocycles. The highest BCUT2D eigenvalue weighted by Crippen LogP contribution is 2.20. The fraction of sp³-hybridized carbons (Fsp3) is 0.278. The maximum Gasteiger partial charge on any atom is 0.0991 e. The van der Waals surface area contributed by atoms with E-state index in [0.717, 1.165) is 24.0 Å². The van der Waals surface area contributed by atoms with Gasteiger partial charge in [-0.2, -0.15) is 5.26 Å². The molecular weight excluding hydrogens is 324 g/mol. The first-order valence-electron chi connectivity index (χ1n) is 7.01. The third kappa shape index (κ3) is 4.70. The molecule has 2 rings (SSSR count). The highest BCUT2D eigenvalue weighted by atomic mass is 79.9. The second-order valence-corrected chi connectivity index (χ2v) is 5.92. The number of hydrogen-bond acceptors (Lipinski definition) is 2. The van der Waals surface area contributed by atoms with Crippen molar-refractivity contribution in [3.8, 4) is 6.07 Å². The van der Waals surface area contributed by atoms with Crippen LogP contribution in [0, 0.1) is 11.3 Å². The second-order valence-electron chi connectivity index (χ2n) is 5.27. The van der Waals surface area contributed by atoms with E-state index in [1.807, 2.05) is 24.3 Å². The Hall–Kier alpha value is -1.63. The van der Waals surface area contributed by atoms with E-state index in [0.29, 0.717) is 5.92 Å². The van der Waals surface area contributed by atoms with Gasteiger partial charge in [0.05, 0.1) is 11.6 Å². The summed E-state index contributed by atoms with van der Waals surface area (Å²) in [5.41, 5.74) is 3.26. The van der Waals surface area contributed by atoms with Gasteiger partial charge in [0.2, 0.25) is 0 Å². The van der Waals surface area contributed by atoms with Crippen LogP contribution in [0.5, 0.6) is 0 Å². The molecule has 0 aliphatic rings. The smallest absolute Gasteiger partial charge is 0.0991 e. The van der Waals surface area contributed by atoms with Crippen LogP contribution in [-0.2, 0) is 6.54 Å². The number of nitrogens with zero attached hydrogens (tertiary/aromatic N) is 2. The third-order valence-electron chi connectivity index (χ3n) is 3.50. The molecule has 0 fully saturated rings. The first-order chi connectivity index (χ1) is 10.2. The third-order valence-corrected chi connectivity index (χ3v) is 4.28. The Labute approximate surface area is 135 Å². The van der Waals surface area contributed by atoms with E-state index in [9.17, 15) is 0 Å². The second kappa shape index (κ2) is 7.97. The van der Waals surface area contributed by atoms with Crippen molar-refractivity contribution in [3.63, 3.8) is 0 Å². The molecule has 1 unspecified atom stereocenters. The largest absolute Gasteiger partial charge is 0.301 e. The van der Waals surface area contributed by atoms with Crippen LogP contribution in [0.25, 0.3) is 0 Å². The lowest BCUT2D eigenvalue weighted by molar-refractivity contribution is 0.311. The predicted molar refractivity (Wildman–Crippen MR) is 90.5 cm³/mol. The molecule has 3 heteroatoms. The Morgan fingerprint density at radius 1 is 1.14 bits per heavy atom. The van der Waals surface area contributed by atoms with Gasteiger partial charge >= 0.3 is 0 Å². The van der Waals surface area contributed by atoms with Crippen molar-refractivity contribution in [2.45, 2.75) is 12.5 Å². The SMILES string of the molecule is CN(Cc1cccc(C#N)c1)CC(CBr)c1ccccc1. The predicted octanol–water partition coefficient (Wildman–Crippen LogP) is 4.17. The Bertz CT molecular complexity index is 604. The van der Waals surface area contributed by atoms with Gasteiger partial charge in [0.25, 0.3) is 0 Å². The van der Waals surface area contributed by atoms with Crippen molar-refractivity contribution < 1.29 is 0 Å². The highest BCUT2D eigenvalue weighted by Gasteiger charge is 2.13. The molecule has 2 nitrogen and oxygen atoms in total. The minimum atomic E-state index is 0.468. The summed E-state index contributed by atoms with van der Waals surface area (Å²) < 4.78 is 0. The lowest BCUT2D eigenvalue weighted by Crippen LogP contribution is -2.25. The van der Waals surface area contributed by atoms with E-state index >= 15 is 0 Å². The molecule has 0 amide bonds. The van der Waals surface area contributed by atoms with Gasteiger partial charge in [-0.1, -0.05) is 58.4 Å². The van der Waals surface area contributed by atoms with E-state index < -0.39 is 0 Å². The Morgan fingerprint density at radius 3 is 2.57 bits per heavy atom. The molecule has 1 atom stereocenters. The van der Waals surface area contributed by atoms with Gasteiger partial charge in [-0.05, 0) is 30.3 Å². The zero-order valence-electron chi connectivity index (χ0n) is 12.2. The fourth-order valence-corrected chi connectivity index (χ4v) is 3.04. The Kier molecular flexibility index (Phi) is 5.98. The monoisotopic (exact) mass is 342 g/mol. The molecule has 0 saturated heterocycles. The maximum atomic E-state index is 8.96. The van der Waals surface area contributed by atoms with Crippen molar-refractivity contribution in [2.75, 3.05) is 18.9 Å². The standard InChI is InChI=1S/C18H19BrN2/c1-21(13-16-7-5-6-15(10-16)12-20)14-18(11-19)17-8-3-2-4-9-17/h2-10,18H,11,13-14H2,1H3. The molecule has 0 bridgehead atoms. The van der Waals surface area contributed by atoms with Gasteiger partial charge in [0, 0.05) is 24.3 Å². The minimum absolute atomic E-state index is 0.468. The molecule has 0 heterocycles. The summed E-state index contributed by atoms with van der Waals surface area (Å²) in [6, 6.07) is 20.6. The Morgan fingerprint density at radius 2 is 1.90 bits per heavy atom. The van der Waals surface area contributed by atoms with Crippen LogP contribution in [0.3, 0.4) is 0 Å². The summed E-state index contributed by atoms with van der Waals surface area (Å²) in [4.78, 5) is 2.30. The highest BCUT2D eigenvalue weighted by molar-refractivity contribution is 9.09. The molecule has 108 valence electrons. The van der Waals surface area contributed by atoms with Gasteiger partial charge < -0.3 is 4.90 Å². The number of benzene rings is 2. The van der Waals surface area contributed by atoms with E-state index in [1.165, 1.54) is 11.1 Å². The summed E-state index contributed by atoms with van der Waals surface area (Å²) >= 11 is 3.62. The number of likely N-dealkylation sites (N-methyl/N-ethyl adjacent to an activating group) is 1. The normalized spacial score (nSPS) is 12.1. The lowest BCUT2D eigenvalue weighted by Gasteiger charge is -2.23. The van der Waals surface area contributed by atoms with Gasteiger partial charge in [0.15, 0.2) is 0 Å². The van der Waals surface area contributed by atoms with Gasteiger partial charge in [-0.25, -0.2) is 0 Å². The van der Waals surface area contributed by atoms with Crippen molar-refractivity contribution in [1.29, 1.82) is 5.26 Å². The Balaban J connectivity index is 2.00. The van der Waals surface area contributed by atoms with E-state index in [4.69, 9.17) is 5.26 Å². The van der Waals surface area contributed by atoms with Crippen molar-refractivity contribution >= 4 is 15.9 Å². The number of nitriles is 1. The van der Waals surface area contributed by atoms with E-state index in [-0.39, 0.29) is 0 Å². The average molecular weight is 343 g/mol. The minimum Gasteiger partial charge on any atom is -0.301 e. The zero-order chi connectivity index (χ0) is 15.1. The summed E-state index contributed by atoms with van der Waals surface area (Å²) in [5.74, 6) is 0.468. The first-order valence-corrected chi connectivity index (χ1v) is 8.13. The zero-order valence-corrected chi connectivity index (χ0v) is 13.8. The number of alkyl halides is 1. The van der Waals surface area contributed by atoms with Crippen LogP contribution >= 0.6 is 15.9 Å². The molecule has 0 aliphatic carbocycles. The molecule has 2 aromatic carbocycles. The number of halogens is 1. The first kappa shape index (κ1) is 15.8. The van der Waals surface area contributed by atoms with Gasteiger partial charge in [0.1, 0.15) is 0 Å². The van der Waals surface area contributed by atoms with Gasteiger partial charge in [-0.3, -0.25) is 0 Å². The van der Waals surface area contributed by atoms with Crippen molar-refractivity contribution in [3.05, 3.63) is 71.3 Å². The van der Waals surface area contributed by atoms with Crippen LogP contribution in [-0.4, -0.2) is 23.8 Å². The molecule has 21 heavy (non-hydrogen) atoms. The summed E-state index contributed by atoms with van der Waals surface area (Å²) in [5, 5.41) is 9.90. The lowest BCUT2D eigenvalue weighted by atomic mass is 10.0. The maximum absolute atomic E-state index is 8.96. The number of rotatable bonds is 6. The van der Waals surface area contributed by atoms with Crippen LogP contribution in [0.2, 0.25) is 0 Å². The number of hydrogen-bond donors (Lipinski definition) is 0. The van der Waals surface area contributed by atoms with Crippen LogP contribution in [0.4, 0.5) is 0 Å². The fourth-order valence-electron chi connectivity index (χ4n) is 2.46. The van der Waals surface area contributed by atoms with Gasteiger partial charge in [-0.15, -0.1) is 0 Å². The van der Waals surface area contributed by atoms with Crippen LogP contribution < -0.4 is 0 Å². The average Bonchev–Trinajstić information content (AvgIpc) is 2.53. The molecule has 0 spiro atoms. The van der Waals surface area contributed by atoms with Crippen LogP contribution in [0.1, 0.15) is 22.6 Å². The summed E-state index contributed by atoms with van der Waals surface area (Å²) in [6.07, 6.45) is 0. The summed E-state index contributed by atoms with van der Waals surface area (Å²) in [7, 11) is 2.12. The van der Waals surface area contributed by atoms with Crippen molar-refractivity contribution in [1.82, 2.24) is 4.90 Å². The van der Waals surface area contributed by atoms with Crippen LogP contribution in [0.15, 0.2) is 54.6 Å². The molecule has 2 aromatic rings. The molecule has 0 radical (unpaired) electrons. The quantitative estimate of drug-likeness (QED) is 0.736. The molecule has 0 N–H and O–H groups in total. The molecule has 0 aliphatic heterocycles. The van der Waals surface area contributed by atoms with E-state index in [2.05, 4.69) is 64.3 Å². The molecule has 0 aromatic heterocycles. The summed E-state index contributed by atoms with van der Waals surface area (Å²) in [6.45, 7) is 1.83. The van der Waals surface area contributed by atoms with E-state index in [1.54, 1.807) is 0 Å². The molecular formula is C18H19BrN2. The van der Waals surface area contributed by atoms with Crippen molar-refractivity contribution in [2.24, 2.45) is 0 Å².